The van der Waals surface area contributed by atoms with E-state index in [1.54, 1.807) is 11.3 Å². The van der Waals surface area contributed by atoms with Crippen LogP contribution in [-0.2, 0) is 4.74 Å². The van der Waals surface area contributed by atoms with Gasteiger partial charge in [0, 0.05) is 11.4 Å². The fourth-order valence-electron chi connectivity index (χ4n) is 2.31. The first-order valence-corrected chi connectivity index (χ1v) is 7.48. The monoisotopic (exact) mass is 291 g/mol. The lowest BCUT2D eigenvalue weighted by atomic mass is 10.2. The van der Waals surface area contributed by atoms with Crippen LogP contribution in [-0.4, -0.2) is 46.8 Å². The Labute approximate surface area is 121 Å². The van der Waals surface area contributed by atoms with Crippen molar-refractivity contribution in [1.29, 1.82) is 0 Å². The number of hydrogen-bond donors (Lipinski definition) is 1. The molecule has 1 atom stereocenters. The van der Waals surface area contributed by atoms with E-state index in [1.165, 1.54) is 4.88 Å². The van der Waals surface area contributed by atoms with Crippen LogP contribution in [0.3, 0.4) is 0 Å². The van der Waals surface area contributed by atoms with E-state index in [0.717, 1.165) is 10.6 Å². The van der Waals surface area contributed by atoms with E-state index >= 15 is 0 Å². The Bertz CT molecular complexity index is 619. The summed E-state index contributed by atoms with van der Waals surface area (Å²) in [5.41, 5.74) is 1.37. The van der Waals surface area contributed by atoms with Crippen molar-refractivity contribution in [2.45, 2.75) is 19.9 Å². The SMILES string of the molecule is Cc1ccc(-c2cc(C(=O)N3CCOCC3C)n[nH]2)s1. The average Bonchev–Trinajstić information content (AvgIpc) is 3.07. The second kappa shape index (κ2) is 5.38. The predicted octanol–water partition coefficient (Wildman–Crippen LogP) is 2.31. The summed E-state index contributed by atoms with van der Waals surface area (Å²) < 4.78 is 5.35. The predicted molar refractivity (Wildman–Crippen MR) is 78.0 cm³/mol. The van der Waals surface area contributed by atoms with Gasteiger partial charge in [-0.15, -0.1) is 11.3 Å². The first-order valence-electron chi connectivity index (χ1n) is 6.66. The fraction of sp³-hybridized carbons (Fsp3) is 0.429. The van der Waals surface area contributed by atoms with E-state index in [1.807, 2.05) is 24.0 Å². The number of hydrogen-bond acceptors (Lipinski definition) is 4. The summed E-state index contributed by atoms with van der Waals surface area (Å²) in [5.74, 6) is -0.0309. The summed E-state index contributed by atoms with van der Waals surface area (Å²) in [6.07, 6.45) is 0. The molecule has 1 saturated heterocycles. The third-order valence-electron chi connectivity index (χ3n) is 3.43. The minimum atomic E-state index is -0.0309. The van der Waals surface area contributed by atoms with Crippen LogP contribution in [0.4, 0.5) is 0 Å². The van der Waals surface area contributed by atoms with Gasteiger partial charge in [-0.05, 0) is 32.0 Å². The van der Waals surface area contributed by atoms with Crippen molar-refractivity contribution in [2.24, 2.45) is 0 Å². The number of carbonyl (C=O) groups excluding carboxylic acids is 1. The van der Waals surface area contributed by atoms with E-state index < -0.39 is 0 Å². The molecule has 5 nitrogen and oxygen atoms in total. The lowest BCUT2D eigenvalue weighted by Crippen LogP contribution is -2.47. The van der Waals surface area contributed by atoms with Crippen LogP contribution in [0.2, 0.25) is 0 Å². The van der Waals surface area contributed by atoms with E-state index in [-0.39, 0.29) is 11.9 Å². The van der Waals surface area contributed by atoms with Crippen LogP contribution in [0.5, 0.6) is 0 Å². The first-order chi connectivity index (χ1) is 9.65. The van der Waals surface area contributed by atoms with Crippen molar-refractivity contribution in [3.05, 3.63) is 28.8 Å². The number of rotatable bonds is 2. The molecule has 2 aromatic heterocycles. The summed E-state index contributed by atoms with van der Waals surface area (Å²) in [7, 11) is 0. The number of aryl methyl sites for hydroxylation is 1. The van der Waals surface area contributed by atoms with E-state index in [9.17, 15) is 4.79 Å². The smallest absolute Gasteiger partial charge is 0.274 e. The molecule has 6 heteroatoms. The second-order valence-electron chi connectivity index (χ2n) is 5.00. The highest BCUT2D eigenvalue weighted by Gasteiger charge is 2.26. The molecule has 1 N–H and O–H groups in total. The molecule has 3 heterocycles. The third-order valence-corrected chi connectivity index (χ3v) is 4.47. The van der Waals surface area contributed by atoms with Crippen LogP contribution in [0.1, 0.15) is 22.3 Å². The molecule has 1 fully saturated rings. The number of thiophene rings is 1. The zero-order valence-electron chi connectivity index (χ0n) is 11.5. The van der Waals surface area contributed by atoms with Crippen molar-refractivity contribution in [3.63, 3.8) is 0 Å². The van der Waals surface area contributed by atoms with Crippen LogP contribution < -0.4 is 0 Å². The molecular formula is C14H17N3O2S. The molecule has 2 aromatic rings. The Hall–Kier alpha value is -1.66. The van der Waals surface area contributed by atoms with Gasteiger partial charge in [-0.1, -0.05) is 0 Å². The normalized spacial score (nSPS) is 19.3. The number of morpholine rings is 1. The number of H-pyrrole nitrogens is 1. The summed E-state index contributed by atoms with van der Waals surface area (Å²) in [6.45, 7) is 5.87. The van der Waals surface area contributed by atoms with Crippen molar-refractivity contribution in [3.8, 4) is 10.6 Å². The Balaban J connectivity index is 1.81. The Morgan fingerprint density at radius 1 is 1.55 bits per heavy atom. The number of ether oxygens (including phenoxy) is 1. The van der Waals surface area contributed by atoms with Crippen molar-refractivity contribution >= 4 is 17.2 Å². The number of nitrogens with zero attached hydrogens (tertiary/aromatic N) is 2. The minimum absolute atomic E-state index is 0.0309. The van der Waals surface area contributed by atoms with Gasteiger partial charge in [0.15, 0.2) is 5.69 Å². The van der Waals surface area contributed by atoms with Gasteiger partial charge in [-0.25, -0.2) is 0 Å². The molecule has 3 rings (SSSR count). The Morgan fingerprint density at radius 3 is 3.10 bits per heavy atom. The molecule has 0 bridgehead atoms. The van der Waals surface area contributed by atoms with Gasteiger partial charge < -0.3 is 9.64 Å². The molecular weight excluding hydrogens is 274 g/mol. The highest BCUT2D eigenvalue weighted by molar-refractivity contribution is 7.15. The number of amides is 1. The summed E-state index contributed by atoms with van der Waals surface area (Å²) in [5, 5.41) is 7.11. The van der Waals surface area contributed by atoms with Gasteiger partial charge >= 0.3 is 0 Å². The van der Waals surface area contributed by atoms with Gasteiger partial charge in [0.05, 0.1) is 29.8 Å². The number of aromatic nitrogens is 2. The zero-order chi connectivity index (χ0) is 14.1. The molecule has 0 radical (unpaired) electrons. The van der Waals surface area contributed by atoms with E-state index in [2.05, 4.69) is 23.2 Å². The van der Waals surface area contributed by atoms with Gasteiger partial charge in [0.2, 0.25) is 0 Å². The molecule has 20 heavy (non-hydrogen) atoms. The van der Waals surface area contributed by atoms with Crippen molar-refractivity contribution in [1.82, 2.24) is 15.1 Å². The molecule has 0 aliphatic carbocycles. The maximum Gasteiger partial charge on any atom is 0.274 e. The van der Waals surface area contributed by atoms with Crippen LogP contribution in [0.25, 0.3) is 10.6 Å². The molecule has 0 spiro atoms. The highest BCUT2D eigenvalue weighted by Crippen LogP contribution is 2.26. The summed E-state index contributed by atoms with van der Waals surface area (Å²) >= 11 is 1.69. The lowest BCUT2D eigenvalue weighted by molar-refractivity contribution is 0.00327. The van der Waals surface area contributed by atoms with Gasteiger partial charge in [-0.2, -0.15) is 5.10 Å². The van der Waals surface area contributed by atoms with E-state index in [0.29, 0.717) is 25.5 Å². The zero-order valence-corrected chi connectivity index (χ0v) is 12.4. The maximum absolute atomic E-state index is 12.5. The third kappa shape index (κ3) is 2.48. The molecule has 1 unspecified atom stereocenters. The Kier molecular flexibility index (Phi) is 3.58. The topological polar surface area (TPSA) is 58.2 Å². The Morgan fingerprint density at radius 2 is 2.40 bits per heavy atom. The number of nitrogens with one attached hydrogen (secondary N) is 1. The van der Waals surface area contributed by atoms with Gasteiger partial charge in [0.1, 0.15) is 0 Å². The lowest BCUT2D eigenvalue weighted by Gasteiger charge is -2.32. The molecule has 106 valence electrons. The van der Waals surface area contributed by atoms with Gasteiger partial charge in [-0.3, -0.25) is 9.89 Å². The van der Waals surface area contributed by atoms with Crippen LogP contribution in [0, 0.1) is 6.92 Å². The molecule has 0 aromatic carbocycles. The summed E-state index contributed by atoms with van der Waals surface area (Å²) in [4.78, 5) is 16.6. The quantitative estimate of drug-likeness (QED) is 0.923. The fourth-order valence-corrected chi connectivity index (χ4v) is 3.15. The highest BCUT2D eigenvalue weighted by atomic mass is 32.1. The van der Waals surface area contributed by atoms with E-state index in [4.69, 9.17) is 4.74 Å². The number of carbonyl (C=O) groups is 1. The maximum atomic E-state index is 12.5. The van der Waals surface area contributed by atoms with Crippen molar-refractivity contribution in [2.75, 3.05) is 19.8 Å². The standard InChI is InChI=1S/C14H17N3O2S/c1-9-8-19-6-5-17(9)14(18)12-7-11(15-16-12)13-4-3-10(2)20-13/h3-4,7,9H,5-6,8H2,1-2H3,(H,15,16). The largest absolute Gasteiger partial charge is 0.377 e. The van der Waals surface area contributed by atoms with Crippen LogP contribution >= 0.6 is 11.3 Å². The summed E-state index contributed by atoms with van der Waals surface area (Å²) in [6, 6.07) is 6.03. The molecule has 1 aliphatic heterocycles. The van der Waals surface area contributed by atoms with Crippen molar-refractivity contribution < 1.29 is 9.53 Å². The first kappa shape index (κ1) is 13.3. The van der Waals surface area contributed by atoms with Gasteiger partial charge in [0.25, 0.3) is 5.91 Å². The molecule has 0 saturated carbocycles. The minimum Gasteiger partial charge on any atom is -0.377 e. The molecule has 1 amide bonds. The average molecular weight is 291 g/mol. The molecule has 1 aliphatic rings. The second-order valence-corrected chi connectivity index (χ2v) is 6.29. The van der Waals surface area contributed by atoms with Crippen LogP contribution in [0.15, 0.2) is 18.2 Å². The number of aromatic amines is 1.